The Morgan fingerprint density at radius 2 is 1.79 bits per heavy atom. The summed E-state index contributed by atoms with van der Waals surface area (Å²) in [6, 6.07) is 10.8. The van der Waals surface area contributed by atoms with Gasteiger partial charge in [-0.1, -0.05) is 46.9 Å². The molecule has 0 N–H and O–H groups in total. The second kappa shape index (κ2) is 7.76. The van der Waals surface area contributed by atoms with Crippen molar-refractivity contribution in [2.45, 2.75) is 6.54 Å². The number of halogens is 3. The van der Waals surface area contributed by atoms with Crippen LogP contribution in [0.25, 0.3) is 21.3 Å². The van der Waals surface area contributed by atoms with Gasteiger partial charge in [0.1, 0.15) is 10.6 Å². The lowest BCUT2D eigenvalue weighted by Crippen LogP contribution is -2.21. The van der Waals surface area contributed by atoms with Gasteiger partial charge in [-0.15, -0.1) is 11.3 Å². The van der Waals surface area contributed by atoms with Gasteiger partial charge < -0.3 is 4.74 Å². The summed E-state index contributed by atoms with van der Waals surface area (Å²) in [7, 11) is 1.61. The van der Waals surface area contributed by atoms with E-state index in [-0.39, 0.29) is 12.1 Å². The summed E-state index contributed by atoms with van der Waals surface area (Å²) >= 11 is 20.1. The van der Waals surface area contributed by atoms with Gasteiger partial charge in [-0.2, -0.15) is 0 Å². The molecule has 0 saturated carbocycles. The molecule has 0 bridgehead atoms. The summed E-state index contributed by atoms with van der Waals surface area (Å²) in [6.07, 6.45) is 1.51. The zero-order valence-corrected chi connectivity index (χ0v) is 17.7. The van der Waals surface area contributed by atoms with Crippen molar-refractivity contribution in [3.05, 3.63) is 79.1 Å². The van der Waals surface area contributed by atoms with Gasteiger partial charge in [-0.3, -0.25) is 9.36 Å². The maximum absolute atomic E-state index is 13.2. The van der Waals surface area contributed by atoms with Crippen LogP contribution in [0.1, 0.15) is 5.56 Å². The first-order valence-corrected chi connectivity index (χ1v) is 10.2. The summed E-state index contributed by atoms with van der Waals surface area (Å²) in [5, 5.41) is 3.67. The minimum Gasteiger partial charge on any atom is -0.497 e. The molecule has 0 aliphatic carbocycles. The summed E-state index contributed by atoms with van der Waals surface area (Å²) in [6.45, 7) is 0.178. The molecular formula is C20H13Cl3N2O2S. The van der Waals surface area contributed by atoms with Gasteiger partial charge in [0.2, 0.25) is 0 Å². The monoisotopic (exact) mass is 450 g/mol. The quantitative estimate of drug-likeness (QED) is 0.350. The number of hydrogen-bond donors (Lipinski definition) is 0. The smallest absolute Gasteiger partial charge is 0.263 e. The molecular weight excluding hydrogens is 439 g/mol. The van der Waals surface area contributed by atoms with Crippen LogP contribution < -0.4 is 10.3 Å². The lowest BCUT2D eigenvalue weighted by Gasteiger charge is -2.11. The maximum Gasteiger partial charge on any atom is 0.263 e. The van der Waals surface area contributed by atoms with Gasteiger partial charge in [0, 0.05) is 21.5 Å². The SMILES string of the molecule is COc1ccc(-c2csc3ncn(Cc4c(Cl)ccc(Cl)c4Cl)c(=O)c23)cc1. The molecule has 0 unspecified atom stereocenters. The first kappa shape index (κ1) is 19.3. The highest BCUT2D eigenvalue weighted by atomic mass is 35.5. The van der Waals surface area contributed by atoms with E-state index in [1.165, 1.54) is 22.2 Å². The highest BCUT2D eigenvalue weighted by Gasteiger charge is 2.16. The number of fused-ring (bicyclic) bond motifs is 1. The van der Waals surface area contributed by atoms with Crippen molar-refractivity contribution in [3.63, 3.8) is 0 Å². The van der Waals surface area contributed by atoms with E-state index in [1.54, 1.807) is 19.2 Å². The van der Waals surface area contributed by atoms with E-state index >= 15 is 0 Å². The van der Waals surface area contributed by atoms with Crippen molar-refractivity contribution in [1.29, 1.82) is 0 Å². The van der Waals surface area contributed by atoms with Crippen LogP contribution in [0.2, 0.25) is 15.1 Å². The molecule has 2 aromatic carbocycles. The van der Waals surface area contributed by atoms with E-state index in [0.29, 0.717) is 30.8 Å². The summed E-state index contributed by atoms with van der Waals surface area (Å²) in [5.74, 6) is 0.754. The predicted octanol–water partition coefficient (Wildman–Crippen LogP) is 6.14. The molecule has 4 aromatic rings. The van der Waals surface area contributed by atoms with Crippen LogP contribution in [0.15, 0.2) is 52.9 Å². The molecule has 2 heterocycles. The zero-order valence-electron chi connectivity index (χ0n) is 14.6. The van der Waals surface area contributed by atoms with Gasteiger partial charge in [0.15, 0.2) is 0 Å². The molecule has 0 aliphatic rings. The summed E-state index contributed by atoms with van der Waals surface area (Å²) in [5.41, 5.74) is 2.17. The molecule has 0 spiro atoms. The lowest BCUT2D eigenvalue weighted by atomic mass is 10.1. The number of aromatic nitrogens is 2. The molecule has 0 amide bonds. The standard InChI is InChI=1S/C20H13Cl3N2O2S/c1-27-12-4-2-11(3-5-12)14-9-28-19-17(14)20(26)25(10-24-19)8-13-15(21)6-7-16(22)18(13)23/h2-7,9-10H,8H2,1H3. The van der Waals surface area contributed by atoms with Crippen LogP contribution in [0, 0.1) is 0 Å². The first-order chi connectivity index (χ1) is 13.5. The van der Waals surface area contributed by atoms with Gasteiger partial charge in [0.25, 0.3) is 5.56 Å². The van der Waals surface area contributed by atoms with Crippen LogP contribution in [-0.2, 0) is 6.54 Å². The highest BCUT2D eigenvalue weighted by Crippen LogP contribution is 2.33. The van der Waals surface area contributed by atoms with Crippen molar-refractivity contribution in [1.82, 2.24) is 9.55 Å². The maximum atomic E-state index is 13.2. The molecule has 0 radical (unpaired) electrons. The Hall–Kier alpha value is -2.05. The number of benzene rings is 2. The van der Waals surface area contributed by atoms with E-state index in [0.717, 1.165) is 16.9 Å². The Morgan fingerprint density at radius 1 is 1.07 bits per heavy atom. The number of ether oxygens (including phenoxy) is 1. The largest absolute Gasteiger partial charge is 0.497 e. The molecule has 2 aromatic heterocycles. The van der Waals surface area contributed by atoms with Crippen LogP contribution in [-0.4, -0.2) is 16.7 Å². The van der Waals surface area contributed by atoms with Crippen molar-refractivity contribution in [2.24, 2.45) is 0 Å². The fourth-order valence-corrected chi connectivity index (χ4v) is 4.52. The van der Waals surface area contributed by atoms with E-state index in [4.69, 9.17) is 39.5 Å². The van der Waals surface area contributed by atoms with Gasteiger partial charge in [-0.25, -0.2) is 4.98 Å². The summed E-state index contributed by atoms with van der Waals surface area (Å²) < 4.78 is 6.70. The van der Waals surface area contributed by atoms with Crippen molar-refractivity contribution >= 4 is 56.4 Å². The number of methoxy groups -OCH3 is 1. The second-order valence-corrected chi connectivity index (χ2v) is 8.11. The van der Waals surface area contributed by atoms with Crippen molar-refractivity contribution < 1.29 is 4.74 Å². The summed E-state index contributed by atoms with van der Waals surface area (Å²) in [4.78, 5) is 18.3. The number of thiophene rings is 1. The fraction of sp³-hybridized carbons (Fsp3) is 0.100. The third-order valence-electron chi connectivity index (χ3n) is 4.43. The third-order valence-corrected chi connectivity index (χ3v) is 6.51. The third kappa shape index (κ3) is 3.40. The Kier molecular flexibility index (Phi) is 5.34. The van der Waals surface area contributed by atoms with Gasteiger partial charge in [0.05, 0.1) is 35.4 Å². The number of hydrogen-bond acceptors (Lipinski definition) is 4. The van der Waals surface area contributed by atoms with Gasteiger partial charge in [-0.05, 0) is 29.8 Å². The Morgan fingerprint density at radius 3 is 2.50 bits per heavy atom. The van der Waals surface area contributed by atoms with Crippen molar-refractivity contribution in [3.8, 4) is 16.9 Å². The molecule has 4 rings (SSSR count). The van der Waals surface area contributed by atoms with Crippen LogP contribution in [0.5, 0.6) is 5.75 Å². The van der Waals surface area contributed by atoms with E-state index in [2.05, 4.69) is 4.98 Å². The molecule has 0 fully saturated rings. The fourth-order valence-electron chi connectivity index (χ4n) is 2.95. The minimum absolute atomic E-state index is 0.163. The van der Waals surface area contributed by atoms with E-state index in [1.807, 2.05) is 29.6 Å². The average molecular weight is 452 g/mol. The van der Waals surface area contributed by atoms with Crippen LogP contribution >= 0.6 is 46.1 Å². The number of rotatable bonds is 4. The normalized spacial score (nSPS) is 11.1. The molecule has 28 heavy (non-hydrogen) atoms. The molecule has 4 nitrogen and oxygen atoms in total. The van der Waals surface area contributed by atoms with E-state index in [9.17, 15) is 4.79 Å². The molecule has 8 heteroatoms. The topological polar surface area (TPSA) is 44.1 Å². The van der Waals surface area contributed by atoms with Crippen LogP contribution in [0.3, 0.4) is 0 Å². The molecule has 142 valence electrons. The zero-order chi connectivity index (χ0) is 19.8. The predicted molar refractivity (Wildman–Crippen MR) is 116 cm³/mol. The Bertz CT molecular complexity index is 1230. The second-order valence-electron chi connectivity index (χ2n) is 6.06. The molecule has 0 aliphatic heterocycles. The molecule has 0 atom stereocenters. The highest BCUT2D eigenvalue weighted by molar-refractivity contribution is 7.17. The van der Waals surface area contributed by atoms with Crippen molar-refractivity contribution in [2.75, 3.05) is 7.11 Å². The molecule has 0 saturated heterocycles. The average Bonchev–Trinajstić information content (AvgIpc) is 3.15. The first-order valence-electron chi connectivity index (χ1n) is 8.23. The Labute approximate surface area is 179 Å². The van der Waals surface area contributed by atoms with Crippen LogP contribution in [0.4, 0.5) is 0 Å². The Balaban J connectivity index is 1.83. The van der Waals surface area contributed by atoms with E-state index < -0.39 is 0 Å². The lowest BCUT2D eigenvalue weighted by molar-refractivity contribution is 0.415. The minimum atomic E-state index is -0.163. The van der Waals surface area contributed by atoms with Gasteiger partial charge >= 0.3 is 0 Å². The number of nitrogens with zero attached hydrogens (tertiary/aromatic N) is 2.